The second kappa shape index (κ2) is 8.10. The first-order chi connectivity index (χ1) is 8.93. The van der Waals surface area contributed by atoms with Crippen molar-refractivity contribution >= 4 is 0 Å². The molecule has 0 saturated carbocycles. The molecule has 1 saturated heterocycles. The molecule has 0 aliphatic carbocycles. The van der Waals surface area contributed by atoms with Gasteiger partial charge in [-0.25, -0.2) is 0 Å². The molecule has 0 aromatic heterocycles. The van der Waals surface area contributed by atoms with Crippen LogP contribution in [0.1, 0.15) is 46.0 Å². The van der Waals surface area contributed by atoms with Gasteiger partial charge < -0.3 is 10.2 Å². The van der Waals surface area contributed by atoms with Gasteiger partial charge in [-0.2, -0.15) is 13.2 Å². The summed E-state index contributed by atoms with van der Waals surface area (Å²) in [7, 11) is 0. The number of alkyl halides is 3. The molecule has 114 valence electrons. The van der Waals surface area contributed by atoms with Crippen molar-refractivity contribution in [1.29, 1.82) is 0 Å². The summed E-state index contributed by atoms with van der Waals surface area (Å²) in [5, 5.41) is 3.40. The maximum atomic E-state index is 12.7. The number of rotatable bonds is 7. The standard InChI is InChI=1S/C14H27F3N2/c1-3-8-18-12(2)6-4-9-19-10-5-7-13(11-19)14(15,16)17/h12-13,18H,3-11H2,1-2H3. The first-order valence-corrected chi connectivity index (χ1v) is 7.46. The molecular formula is C14H27F3N2. The lowest BCUT2D eigenvalue weighted by Gasteiger charge is -2.33. The molecule has 0 radical (unpaired) electrons. The summed E-state index contributed by atoms with van der Waals surface area (Å²) < 4.78 is 38.0. The number of piperidine rings is 1. The largest absolute Gasteiger partial charge is 0.393 e. The number of nitrogens with one attached hydrogen (secondary N) is 1. The molecule has 2 atom stereocenters. The van der Waals surface area contributed by atoms with Crippen LogP contribution in [0.25, 0.3) is 0 Å². The van der Waals surface area contributed by atoms with Crippen LogP contribution in [-0.4, -0.2) is 43.3 Å². The van der Waals surface area contributed by atoms with E-state index in [1.807, 2.05) is 4.90 Å². The summed E-state index contributed by atoms with van der Waals surface area (Å²) in [6, 6.07) is 0.461. The second-order valence-electron chi connectivity index (χ2n) is 5.68. The van der Waals surface area contributed by atoms with Crippen molar-refractivity contribution < 1.29 is 13.2 Å². The Balaban J connectivity index is 2.19. The highest BCUT2D eigenvalue weighted by Crippen LogP contribution is 2.33. The van der Waals surface area contributed by atoms with Gasteiger partial charge in [0.2, 0.25) is 0 Å². The van der Waals surface area contributed by atoms with E-state index in [1.54, 1.807) is 0 Å². The minimum absolute atomic E-state index is 0.195. The lowest BCUT2D eigenvalue weighted by Crippen LogP contribution is -2.42. The first kappa shape index (κ1) is 16.8. The average molecular weight is 280 g/mol. The third kappa shape index (κ3) is 6.61. The Morgan fingerprint density at radius 3 is 2.74 bits per heavy atom. The topological polar surface area (TPSA) is 15.3 Å². The Bertz CT molecular complexity index is 243. The Morgan fingerprint density at radius 1 is 1.37 bits per heavy atom. The molecule has 0 aromatic carbocycles. The summed E-state index contributed by atoms with van der Waals surface area (Å²) >= 11 is 0. The monoisotopic (exact) mass is 280 g/mol. The van der Waals surface area contributed by atoms with Gasteiger partial charge in [-0.15, -0.1) is 0 Å². The van der Waals surface area contributed by atoms with Crippen LogP contribution >= 0.6 is 0 Å². The van der Waals surface area contributed by atoms with Gasteiger partial charge >= 0.3 is 6.18 Å². The maximum absolute atomic E-state index is 12.7. The van der Waals surface area contributed by atoms with Gasteiger partial charge in [0.05, 0.1) is 5.92 Å². The molecule has 1 heterocycles. The maximum Gasteiger partial charge on any atom is 0.393 e. The molecular weight excluding hydrogens is 253 g/mol. The summed E-state index contributed by atoms with van der Waals surface area (Å²) in [6.45, 7) is 7.10. The predicted molar refractivity (Wildman–Crippen MR) is 72.2 cm³/mol. The van der Waals surface area contributed by atoms with E-state index in [2.05, 4.69) is 19.2 Å². The van der Waals surface area contributed by atoms with Crippen molar-refractivity contribution in [2.45, 2.75) is 58.2 Å². The molecule has 2 nitrogen and oxygen atoms in total. The van der Waals surface area contributed by atoms with Crippen LogP contribution in [0, 0.1) is 5.92 Å². The highest BCUT2D eigenvalue weighted by molar-refractivity contribution is 4.78. The lowest BCUT2D eigenvalue weighted by molar-refractivity contribution is -0.186. The molecule has 1 fully saturated rings. The normalized spacial score (nSPS) is 23.5. The smallest absolute Gasteiger partial charge is 0.314 e. The van der Waals surface area contributed by atoms with E-state index in [1.165, 1.54) is 0 Å². The number of hydrogen-bond acceptors (Lipinski definition) is 2. The molecule has 0 bridgehead atoms. The zero-order chi connectivity index (χ0) is 14.3. The van der Waals surface area contributed by atoms with Crippen LogP contribution in [0.5, 0.6) is 0 Å². The minimum Gasteiger partial charge on any atom is -0.314 e. The van der Waals surface area contributed by atoms with E-state index in [0.29, 0.717) is 18.9 Å². The molecule has 0 amide bonds. The first-order valence-electron chi connectivity index (χ1n) is 7.46. The van der Waals surface area contributed by atoms with E-state index in [9.17, 15) is 13.2 Å². The summed E-state index contributed by atoms with van der Waals surface area (Å²) in [5.41, 5.74) is 0. The van der Waals surface area contributed by atoms with Gasteiger partial charge in [0.15, 0.2) is 0 Å². The number of likely N-dealkylation sites (tertiary alicyclic amines) is 1. The van der Waals surface area contributed by atoms with Crippen LogP contribution in [-0.2, 0) is 0 Å². The van der Waals surface area contributed by atoms with Crippen LogP contribution in [0.15, 0.2) is 0 Å². The Hall–Kier alpha value is -0.290. The molecule has 0 aromatic rings. The van der Waals surface area contributed by atoms with Crippen molar-refractivity contribution in [3.63, 3.8) is 0 Å². The van der Waals surface area contributed by atoms with Gasteiger partial charge in [-0.1, -0.05) is 6.92 Å². The third-order valence-corrected chi connectivity index (χ3v) is 3.82. The average Bonchev–Trinajstić information content (AvgIpc) is 2.36. The fraction of sp³-hybridized carbons (Fsp3) is 1.00. The Labute approximate surface area is 114 Å². The summed E-state index contributed by atoms with van der Waals surface area (Å²) in [5.74, 6) is -1.11. The van der Waals surface area contributed by atoms with Gasteiger partial charge in [-0.3, -0.25) is 0 Å². The number of hydrogen-bond donors (Lipinski definition) is 1. The molecule has 19 heavy (non-hydrogen) atoms. The lowest BCUT2D eigenvalue weighted by atomic mass is 9.97. The number of halogens is 3. The molecule has 1 aliphatic heterocycles. The molecule has 5 heteroatoms. The molecule has 1 aliphatic rings. The van der Waals surface area contributed by atoms with Gasteiger partial charge in [0, 0.05) is 12.6 Å². The van der Waals surface area contributed by atoms with E-state index in [-0.39, 0.29) is 6.54 Å². The molecule has 1 rings (SSSR count). The van der Waals surface area contributed by atoms with Gasteiger partial charge in [0.1, 0.15) is 0 Å². The Kier molecular flexibility index (Phi) is 7.15. The van der Waals surface area contributed by atoms with Crippen molar-refractivity contribution in [3.8, 4) is 0 Å². The van der Waals surface area contributed by atoms with Crippen molar-refractivity contribution in [2.75, 3.05) is 26.2 Å². The molecule has 0 spiro atoms. The second-order valence-corrected chi connectivity index (χ2v) is 5.68. The summed E-state index contributed by atoms with van der Waals surface area (Å²) in [6.07, 6.45) is 0.0796. The predicted octanol–water partition coefficient (Wildman–Crippen LogP) is 3.43. The van der Waals surface area contributed by atoms with Crippen LogP contribution < -0.4 is 5.32 Å². The van der Waals surface area contributed by atoms with Crippen LogP contribution in [0.2, 0.25) is 0 Å². The highest BCUT2D eigenvalue weighted by atomic mass is 19.4. The minimum atomic E-state index is -4.02. The van der Waals surface area contributed by atoms with Gasteiger partial charge in [0.25, 0.3) is 0 Å². The summed E-state index contributed by atoms with van der Waals surface area (Å²) in [4.78, 5) is 1.98. The van der Waals surface area contributed by atoms with Crippen molar-refractivity contribution in [3.05, 3.63) is 0 Å². The van der Waals surface area contributed by atoms with E-state index < -0.39 is 12.1 Å². The Morgan fingerprint density at radius 2 is 2.11 bits per heavy atom. The van der Waals surface area contributed by atoms with Crippen molar-refractivity contribution in [1.82, 2.24) is 10.2 Å². The van der Waals surface area contributed by atoms with E-state index in [0.717, 1.165) is 38.9 Å². The SMILES string of the molecule is CCCNC(C)CCCN1CCCC(C(F)(F)F)C1. The van der Waals surface area contributed by atoms with E-state index in [4.69, 9.17) is 0 Å². The molecule has 2 unspecified atom stereocenters. The van der Waals surface area contributed by atoms with Gasteiger partial charge in [-0.05, 0) is 58.7 Å². The zero-order valence-corrected chi connectivity index (χ0v) is 12.1. The number of nitrogens with zero attached hydrogens (tertiary/aromatic N) is 1. The fourth-order valence-corrected chi connectivity index (χ4v) is 2.64. The van der Waals surface area contributed by atoms with Crippen molar-refractivity contribution in [2.24, 2.45) is 5.92 Å². The van der Waals surface area contributed by atoms with Crippen LogP contribution in [0.4, 0.5) is 13.2 Å². The molecule has 1 N–H and O–H groups in total. The third-order valence-electron chi connectivity index (χ3n) is 3.82. The zero-order valence-electron chi connectivity index (χ0n) is 12.1. The van der Waals surface area contributed by atoms with E-state index >= 15 is 0 Å². The highest BCUT2D eigenvalue weighted by Gasteiger charge is 2.41. The quantitative estimate of drug-likeness (QED) is 0.768. The fourth-order valence-electron chi connectivity index (χ4n) is 2.64. The van der Waals surface area contributed by atoms with Crippen LogP contribution in [0.3, 0.4) is 0 Å².